The molecule has 0 bridgehead atoms. The highest BCUT2D eigenvalue weighted by Gasteiger charge is 2.28. The molecule has 126 valence electrons. The van der Waals surface area contributed by atoms with Gasteiger partial charge in [0, 0.05) is 12.1 Å². The molecule has 0 spiro atoms. The van der Waals surface area contributed by atoms with Crippen LogP contribution in [-0.4, -0.2) is 26.6 Å². The molecule has 24 heavy (non-hydrogen) atoms. The minimum Gasteiger partial charge on any atom is -0.319 e. The average molecular weight is 348 g/mol. The normalized spacial score (nSPS) is 16.2. The lowest BCUT2D eigenvalue weighted by Gasteiger charge is -2.17. The Bertz CT molecular complexity index is 879. The molecule has 0 aromatic heterocycles. The van der Waals surface area contributed by atoms with E-state index in [-0.39, 0.29) is 11.4 Å². The largest absolute Gasteiger partial charge is 0.319 e. The maximum Gasteiger partial charge on any atom is 0.255 e. The summed E-state index contributed by atoms with van der Waals surface area (Å²) in [7, 11) is -3.25. The monoisotopic (exact) mass is 348 g/mol. The van der Waals surface area contributed by atoms with E-state index in [1.165, 1.54) is 28.6 Å². The summed E-state index contributed by atoms with van der Waals surface area (Å²) in [6.45, 7) is 2.21. The van der Waals surface area contributed by atoms with E-state index in [4.69, 9.17) is 0 Å². The zero-order valence-electron chi connectivity index (χ0n) is 13.1. The molecule has 1 fully saturated rings. The first-order valence-corrected chi connectivity index (χ1v) is 9.16. The highest BCUT2D eigenvalue weighted by Crippen LogP contribution is 2.24. The van der Waals surface area contributed by atoms with Gasteiger partial charge in [-0.2, -0.15) is 0 Å². The lowest BCUT2D eigenvalue weighted by molar-refractivity contribution is 0.102. The van der Waals surface area contributed by atoms with Gasteiger partial charge in [0.2, 0.25) is 10.0 Å². The molecular formula is C17H17FN2O3S. The smallest absolute Gasteiger partial charge is 0.255 e. The molecule has 1 saturated heterocycles. The van der Waals surface area contributed by atoms with Crippen molar-refractivity contribution in [2.24, 2.45) is 0 Å². The van der Waals surface area contributed by atoms with Gasteiger partial charge in [0.05, 0.1) is 17.1 Å². The number of halogens is 1. The van der Waals surface area contributed by atoms with Crippen LogP contribution in [-0.2, 0) is 10.0 Å². The quantitative estimate of drug-likeness (QED) is 0.927. The summed E-state index contributed by atoms with van der Waals surface area (Å²) in [5, 5.41) is 2.51. The Morgan fingerprint density at radius 2 is 1.88 bits per heavy atom. The summed E-state index contributed by atoms with van der Waals surface area (Å²) in [4.78, 5) is 12.2. The average Bonchev–Trinajstić information content (AvgIpc) is 2.89. The number of hydrogen-bond acceptors (Lipinski definition) is 3. The van der Waals surface area contributed by atoms with Gasteiger partial charge in [-0.25, -0.2) is 12.8 Å². The van der Waals surface area contributed by atoms with Crippen LogP contribution in [0, 0.1) is 12.7 Å². The number of benzene rings is 2. The van der Waals surface area contributed by atoms with Crippen molar-refractivity contribution in [3.8, 4) is 0 Å². The maximum atomic E-state index is 13.8. The number of amides is 1. The predicted molar refractivity (Wildman–Crippen MR) is 91.3 cm³/mol. The number of rotatable bonds is 3. The third-order valence-electron chi connectivity index (χ3n) is 3.89. The number of sulfonamides is 1. The van der Waals surface area contributed by atoms with E-state index in [9.17, 15) is 17.6 Å². The molecule has 0 unspecified atom stereocenters. The van der Waals surface area contributed by atoms with Gasteiger partial charge in [0.1, 0.15) is 5.82 Å². The van der Waals surface area contributed by atoms with Crippen LogP contribution in [0.3, 0.4) is 0 Å². The summed E-state index contributed by atoms with van der Waals surface area (Å²) in [6, 6.07) is 10.8. The predicted octanol–water partition coefficient (Wildman–Crippen LogP) is 2.93. The van der Waals surface area contributed by atoms with E-state index in [0.717, 1.165) is 5.56 Å². The first kappa shape index (κ1) is 16.4. The molecule has 5 nitrogen and oxygen atoms in total. The Kier molecular flexibility index (Phi) is 4.28. The zero-order valence-corrected chi connectivity index (χ0v) is 13.9. The Morgan fingerprint density at radius 1 is 1.17 bits per heavy atom. The molecule has 2 aromatic rings. The number of nitrogens with zero attached hydrogens (tertiary/aromatic N) is 1. The number of carbonyl (C=O) groups is 1. The van der Waals surface area contributed by atoms with Crippen LogP contribution in [0.25, 0.3) is 0 Å². The zero-order chi connectivity index (χ0) is 17.3. The van der Waals surface area contributed by atoms with Crippen LogP contribution < -0.4 is 9.62 Å². The molecule has 0 saturated carbocycles. The van der Waals surface area contributed by atoms with Gasteiger partial charge in [-0.05, 0) is 55.3 Å². The third kappa shape index (κ3) is 3.26. The second kappa shape index (κ2) is 6.24. The standard InChI is InChI=1S/C17H17FN2O3S/c1-12-3-8-16(15(18)11-12)19-17(21)13-4-6-14(7-5-13)20-9-2-10-24(20,22)23/h3-8,11H,2,9-10H2,1H3,(H,19,21). The van der Waals surface area contributed by atoms with Gasteiger partial charge in [-0.1, -0.05) is 6.07 Å². The molecule has 0 aliphatic carbocycles. The first-order valence-electron chi connectivity index (χ1n) is 7.55. The number of aryl methyl sites for hydroxylation is 1. The highest BCUT2D eigenvalue weighted by atomic mass is 32.2. The minimum atomic E-state index is -3.25. The Balaban J connectivity index is 1.77. The van der Waals surface area contributed by atoms with E-state index in [1.807, 2.05) is 0 Å². The van der Waals surface area contributed by atoms with Gasteiger partial charge in [-0.3, -0.25) is 9.10 Å². The number of nitrogens with one attached hydrogen (secondary N) is 1. The maximum absolute atomic E-state index is 13.8. The third-order valence-corrected chi connectivity index (χ3v) is 5.76. The molecule has 1 amide bonds. The number of hydrogen-bond donors (Lipinski definition) is 1. The highest BCUT2D eigenvalue weighted by molar-refractivity contribution is 7.93. The fourth-order valence-electron chi connectivity index (χ4n) is 2.62. The fourth-order valence-corrected chi connectivity index (χ4v) is 4.19. The van der Waals surface area contributed by atoms with Crippen LogP contribution >= 0.6 is 0 Å². The van der Waals surface area contributed by atoms with Gasteiger partial charge in [0.25, 0.3) is 5.91 Å². The van der Waals surface area contributed by atoms with E-state index in [0.29, 0.717) is 24.2 Å². The van der Waals surface area contributed by atoms with Crippen molar-refractivity contribution in [2.75, 3.05) is 21.9 Å². The fraction of sp³-hybridized carbons (Fsp3) is 0.235. The molecular weight excluding hydrogens is 331 g/mol. The van der Waals surface area contributed by atoms with Crippen molar-refractivity contribution in [2.45, 2.75) is 13.3 Å². The number of anilines is 2. The summed E-state index contributed by atoms with van der Waals surface area (Å²) in [5.41, 5.74) is 1.74. The molecule has 7 heteroatoms. The van der Waals surface area contributed by atoms with Crippen molar-refractivity contribution in [3.05, 3.63) is 59.4 Å². The van der Waals surface area contributed by atoms with E-state index >= 15 is 0 Å². The van der Waals surface area contributed by atoms with Gasteiger partial charge in [-0.15, -0.1) is 0 Å². The van der Waals surface area contributed by atoms with Crippen LogP contribution in [0.1, 0.15) is 22.3 Å². The van der Waals surface area contributed by atoms with Crippen LogP contribution in [0.2, 0.25) is 0 Å². The van der Waals surface area contributed by atoms with Crippen molar-refractivity contribution in [3.63, 3.8) is 0 Å². The molecule has 0 radical (unpaired) electrons. The van der Waals surface area contributed by atoms with E-state index in [1.54, 1.807) is 25.1 Å². The van der Waals surface area contributed by atoms with Crippen molar-refractivity contribution >= 4 is 27.3 Å². The van der Waals surface area contributed by atoms with Crippen LogP contribution in [0.5, 0.6) is 0 Å². The topological polar surface area (TPSA) is 66.5 Å². The first-order chi connectivity index (χ1) is 11.4. The SMILES string of the molecule is Cc1ccc(NC(=O)c2ccc(N3CCCS3(=O)=O)cc2)c(F)c1. The molecule has 0 atom stereocenters. The van der Waals surface area contributed by atoms with E-state index in [2.05, 4.69) is 5.32 Å². The Labute approximate surface area is 140 Å². The van der Waals surface area contributed by atoms with Crippen molar-refractivity contribution in [1.82, 2.24) is 0 Å². The Hall–Kier alpha value is -2.41. The second-order valence-electron chi connectivity index (χ2n) is 5.73. The molecule has 1 aliphatic heterocycles. The van der Waals surface area contributed by atoms with Crippen molar-refractivity contribution in [1.29, 1.82) is 0 Å². The molecule has 2 aromatic carbocycles. The molecule has 1 N–H and O–H groups in total. The van der Waals surface area contributed by atoms with Crippen LogP contribution in [0.15, 0.2) is 42.5 Å². The lowest BCUT2D eigenvalue weighted by atomic mass is 10.1. The van der Waals surface area contributed by atoms with Gasteiger partial charge in [0.15, 0.2) is 0 Å². The van der Waals surface area contributed by atoms with Crippen molar-refractivity contribution < 1.29 is 17.6 Å². The molecule has 1 aliphatic rings. The minimum absolute atomic E-state index is 0.108. The van der Waals surface area contributed by atoms with Gasteiger partial charge >= 0.3 is 0 Å². The Morgan fingerprint density at radius 3 is 2.46 bits per heavy atom. The van der Waals surface area contributed by atoms with Crippen LogP contribution in [0.4, 0.5) is 15.8 Å². The lowest BCUT2D eigenvalue weighted by Crippen LogP contribution is -2.25. The summed E-state index contributed by atoms with van der Waals surface area (Å²) >= 11 is 0. The van der Waals surface area contributed by atoms with Gasteiger partial charge < -0.3 is 5.32 Å². The molecule has 3 rings (SSSR count). The summed E-state index contributed by atoms with van der Waals surface area (Å²) < 4.78 is 38.9. The summed E-state index contributed by atoms with van der Waals surface area (Å²) in [6.07, 6.45) is 0.595. The second-order valence-corrected chi connectivity index (χ2v) is 7.74. The number of carbonyl (C=O) groups excluding carboxylic acids is 1. The summed E-state index contributed by atoms with van der Waals surface area (Å²) in [5.74, 6) is -0.807. The molecule has 1 heterocycles. The van der Waals surface area contributed by atoms with E-state index < -0.39 is 21.7 Å².